The van der Waals surface area contributed by atoms with E-state index in [9.17, 15) is 14.4 Å². The maximum Gasteiger partial charge on any atom is 0.348 e. The number of carbonyl (C=O) groups excluding carboxylic acids is 2. The number of aryl methyl sites for hydroxylation is 1. The molecule has 27 heavy (non-hydrogen) atoms. The third-order valence-corrected chi connectivity index (χ3v) is 5.64. The van der Waals surface area contributed by atoms with Crippen molar-refractivity contribution >= 4 is 33.4 Å². The third kappa shape index (κ3) is 3.89. The standard InChI is InChI=1S/C18H23N3O5S/c1-5-25-18(24)15-12(4)14-16(27-15)19-9-21(17(14)23)8-13(22)20-6-10(2)26-11(3)7-20/h9-11H,5-8H2,1-4H3/t10-,11-/m1/s1. The summed E-state index contributed by atoms with van der Waals surface area (Å²) in [5.41, 5.74) is 0.216. The van der Waals surface area contributed by atoms with E-state index in [4.69, 9.17) is 9.47 Å². The Morgan fingerprint density at radius 1 is 1.33 bits per heavy atom. The number of hydrogen-bond donors (Lipinski definition) is 0. The highest BCUT2D eigenvalue weighted by atomic mass is 32.1. The van der Waals surface area contributed by atoms with E-state index in [1.54, 1.807) is 18.7 Å². The first-order valence-corrected chi connectivity index (χ1v) is 9.72. The zero-order chi connectivity index (χ0) is 19.7. The molecule has 2 aromatic heterocycles. The van der Waals surface area contributed by atoms with Gasteiger partial charge in [0.15, 0.2) is 0 Å². The maximum absolute atomic E-state index is 12.9. The molecular formula is C18H23N3O5S. The Morgan fingerprint density at radius 2 is 2.00 bits per heavy atom. The summed E-state index contributed by atoms with van der Waals surface area (Å²) in [4.78, 5) is 44.4. The first-order valence-electron chi connectivity index (χ1n) is 8.90. The monoisotopic (exact) mass is 393 g/mol. The average molecular weight is 393 g/mol. The second-order valence-corrected chi connectivity index (χ2v) is 7.69. The van der Waals surface area contributed by atoms with Crippen molar-refractivity contribution in [1.29, 1.82) is 0 Å². The molecule has 0 spiro atoms. The quantitative estimate of drug-likeness (QED) is 0.733. The van der Waals surface area contributed by atoms with Crippen LogP contribution in [0.15, 0.2) is 11.1 Å². The van der Waals surface area contributed by atoms with Crippen LogP contribution in [0.1, 0.15) is 36.0 Å². The molecule has 8 nitrogen and oxygen atoms in total. The summed E-state index contributed by atoms with van der Waals surface area (Å²) in [7, 11) is 0. The third-order valence-electron chi connectivity index (χ3n) is 4.46. The number of nitrogens with zero attached hydrogens (tertiary/aromatic N) is 3. The van der Waals surface area contributed by atoms with E-state index in [1.165, 1.54) is 10.9 Å². The summed E-state index contributed by atoms with van der Waals surface area (Å²) >= 11 is 1.13. The largest absolute Gasteiger partial charge is 0.462 e. The van der Waals surface area contributed by atoms with Gasteiger partial charge in [0.2, 0.25) is 5.91 Å². The first-order chi connectivity index (χ1) is 12.8. The van der Waals surface area contributed by atoms with Gasteiger partial charge in [-0.15, -0.1) is 11.3 Å². The highest BCUT2D eigenvalue weighted by Gasteiger charge is 2.27. The van der Waals surface area contributed by atoms with Crippen molar-refractivity contribution in [3.05, 3.63) is 27.1 Å². The summed E-state index contributed by atoms with van der Waals surface area (Å²) in [6.07, 6.45) is 1.28. The molecule has 0 N–H and O–H groups in total. The lowest BCUT2D eigenvalue weighted by Crippen LogP contribution is -2.49. The Kier molecular flexibility index (Phi) is 5.61. The number of thiophene rings is 1. The second kappa shape index (κ2) is 7.77. The topological polar surface area (TPSA) is 90.7 Å². The van der Waals surface area contributed by atoms with Gasteiger partial charge in [-0.25, -0.2) is 9.78 Å². The predicted octanol–water partition coefficient (Wildman–Crippen LogP) is 1.58. The molecule has 3 rings (SSSR count). The molecule has 9 heteroatoms. The van der Waals surface area contributed by atoms with Gasteiger partial charge in [-0.2, -0.15) is 0 Å². The second-order valence-electron chi connectivity index (χ2n) is 6.69. The van der Waals surface area contributed by atoms with Crippen LogP contribution in [-0.4, -0.2) is 58.2 Å². The minimum atomic E-state index is -0.462. The van der Waals surface area contributed by atoms with Crippen molar-refractivity contribution in [2.24, 2.45) is 0 Å². The van der Waals surface area contributed by atoms with E-state index >= 15 is 0 Å². The zero-order valence-electron chi connectivity index (χ0n) is 15.9. The number of ether oxygens (including phenoxy) is 2. The van der Waals surface area contributed by atoms with Crippen LogP contribution in [0.5, 0.6) is 0 Å². The highest BCUT2D eigenvalue weighted by Crippen LogP contribution is 2.27. The summed E-state index contributed by atoms with van der Waals surface area (Å²) in [5, 5.41) is 0.363. The number of hydrogen-bond acceptors (Lipinski definition) is 7. The Hall–Kier alpha value is -2.26. The number of fused-ring (bicyclic) bond motifs is 1. The lowest BCUT2D eigenvalue weighted by molar-refractivity contribution is -0.143. The molecule has 0 aliphatic carbocycles. The molecule has 0 bridgehead atoms. The van der Waals surface area contributed by atoms with Crippen LogP contribution in [0.3, 0.4) is 0 Å². The molecule has 0 unspecified atom stereocenters. The van der Waals surface area contributed by atoms with Crippen molar-refractivity contribution < 1.29 is 19.1 Å². The summed E-state index contributed by atoms with van der Waals surface area (Å²) < 4.78 is 12.0. The van der Waals surface area contributed by atoms with Gasteiger partial charge >= 0.3 is 5.97 Å². The predicted molar refractivity (Wildman–Crippen MR) is 101 cm³/mol. The normalized spacial score (nSPS) is 20.1. The molecule has 0 saturated carbocycles. The van der Waals surface area contributed by atoms with E-state index in [0.717, 1.165) is 11.3 Å². The van der Waals surface area contributed by atoms with Gasteiger partial charge < -0.3 is 14.4 Å². The first kappa shape index (κ1) is 19.5. The molecule has 1 amide bonds. The zero-order valence-corrected chi connectivity index (χ0v) is 16.7. The summed E-state index contributed by atoms with van der Waals surface area (Å²) in [6, 6.07) is 0. The summed E-state index contributed by atoms with van der Waals surface area (Å²) in [6.45, 7) is 8.43. The van der Waals surface area contributed by atoms with Crippen molar-refractivity contribution in [3.8, 4) is 0 Å². The fourth-order valence-corrected chi connectivity index (χ4v) is 4.32. The molecule has 1 aliphatic heterocycles. The van der Waals surface area contributed by atoms with Crippen molar-refractivity contribution in [1.82, 2.24) is 14.5 Å². The van der Waals surface area contributed by atoms with Gasteiger partial charge in [0.05, 0.1) is 30.5 Å². The van der Waals surface area contributed by atoms with Crippen LogP contribution < -0.4 is 5.56 Å². The Bertz CT molecular complexity index is 925. The maximum atomic E-state index is 12.9. The molecule has 1 aliphatic rings. The van der Waals surface area contributed by atoms with E-state index in [-0.39, 0.29) is 36.8 Å². The van der Waals surface area contributed by atoms with Gasteiger partial charge in [0.1, 0.15) is 16.3 Å². The smallest absolute Gasteiger partial charge is 0.348 e. The molecule has 146 valence electrons. The highest BCUT2D eigenvalue weighted by molar-refractivity contribution is 7.20. The van der Waals surface area contributed by atoms with E-state index < -0.39 is 5.97 Å². The SMILES string of the molecule is CCOC(=O)c1sc2ncn(CC(=O)N3C[C@@H](C)O[C@H](C)C3)c(=O)c2c1C. The number of morpholine rings is 1. The lowest BCUT2D eigenvalue weighted by atomic mass is 10.2. The number of amides is 1. The van der Waals surface area contributed by atoms with Crippen molar-refractivity contribution in [3.63, 3.8) is 0 Å². The van der Waals surface area contributed by atoms with Crippen LogP contribution in [-0.2, 0) is 20.8 Å². The molecule has 1 fully saturated rings. The minimum absolute atomic E-state index is 0.0405. The van der Waals surface area contributed by atoms with Gasteiger partial charge in [-0.3, -0.25) is 14.2 Å². The molecule has 2 aromatic rings. The number of rotatable bonds is 4. The molecule has 0 radical (unpaired) electrons. The van der Waals surface area contributed by atoms with E-state index in [0.29, 0.717) is 33.7 Å². The molecular weight excluding hydrogens is 370 g/mol. The van der Waals surface area contributed by atoms with Gasteiger partial charge in [0.25, 0.3) is 5.56 Å². The molecule has 2 atom stereocenters. The fraction of sp³-hybridized carbons (Fsp3) is 0.556. The van der Waals surface area contributed by atoms with Crippen LogP contribution in [0.25, 0.3) is 10.2 Å². The van der Waals surface area contributed by atoms with Gasteiger partial charge in [0, 0.05) is 13.1 Å². The number of carbonyl (C=O) groups is 2. The number of esters is 1. The average Bonchev–Trinajstić information content (AvgIpc) is 2.94. The molecule has 3 heterocycles. The summed E-state index contributed by atoms with van der Waals surface area (Å²) in [5.74, 6) is -0.616. The lowest BCUT2D eigenvalue weighted by Gasteiger charge is -2.35. The minimum Gasteiger partial charge on any atom is -0.462 e. The van der Waals surface area contributed by atoms with E-state index in [2.05, 4.69) is 4.98 Å². The van der Waals surface area contributed by atoms with Gasteiger partial charge in [-0.1, -0.05) is 0 Å². The van der Waals surface area contributed by atoms with Crippen LogP contribution in [0.4, 0.5) is 0 Å². The number of aromatic nitrogens is 2. The van der Waals surface area contributed by atoms with Crippen LogP contribution in [0.2, 0.25) is 0 Å². The van der Waals surface area contributed by atoms with Crippen molar-refractivity contribution in [2.75, 3.05) is 19.7 Å². The van der Waals surface area contributed by atoms with Crippen LogP contribution >= 0.6 is 11.3 Å². The Balaban J connectivity index is 1.88. The van der Waals surface area contributed by atoms with Crippen molar-refractivity contribution in [2.45, 2.75) is 46.4 Å². The fourth-order valence-electron chi connectivity index (χ4n) is 3.29. The van der Waals surface area contributed by atoms with Crippen LogP contribution in [0, 0.1) is 6.92 Å². The van der Waals surface area contributed by atoms with Gasteiger partial charge in [-0.05, 0) is 33.3 Å². The molecule has 0 aromatic carbocycles. The Morgan fingerprint density at radius 3 is 2.63 bits per heavy atom. The Labute approximate surface area is 160 Å². The molecule has 1 saturated heterocycles. The van der Waals surface area contributed by atoms with E-state index in [1.807, 2.05) is 13.8 Å².